The molecule has 6 heteroatoms. The van der Waals surface area contributed by atoms with Crippen molar-refractivity contribution in [3.63, 3.8) is 0 Å². The zero-order chi connectivity index (χ0) is 12.6. The smallest absolute Gasteiger partial charge is 0.280 e. The summed E-state index contributed by atoms with van der Waals surface area (Å²) in [6.45, 7) is 1.73. The van der Waals surface area contributed by atoms with Gasteiger partial charge in [-0.05, 0) is 24.6 Å². The molecule has 0 unspecified atom stereocenters. The fraction of sp³-hybridized carbons (Fsp3) is 0.182. The second-order valence-electron chi connectivity index (χ2n) is 3.63. The zero-order valence-electron chi connectivity index (χ0n) is 8.97. The van der Waals surface area contributed by atoms with Crippen molar-refractivity contribution in [3.8, 4) is 0 Å². The fourth-order valence-corrected chi connectivity index (χ4v) is 1.72. The van der Waals surface area contributed by atoms with Gasteiger partial charge in [0, 0.05) is 5.39 Å². The van der Waals surface area contributed by atoms with Crippen molar-refractivity contribution >= 4 is 16.6 Å². The van der Waals surface area contributed by atoms with Crippen molar-refractivity contribution in [3.05, 3.63) is 35.3 Å². The molecule has 0 aliphatic carbocycles. The van der Waals surface area contributed by atoms with Gasteiger partial charge in [-0.25, -0.2) is 18.2 Å². The van der Waals surface area contributed by atoms with Crippen LogP contribution in [-0.2, 0) is 0 Å². The van der Waals surface area contributed by atoms with E-state index in [0.717, 1.165) is 6.07 Å². The van der Waals surface area contributed by atoms with E-state index in [-0.39, 0.29) is 11.2 Å². The lowest BCUT2D eigenvalue weighted by molar-refractivity contribution is 0.146. The summed E-state index contributed by atoms with van der Waals surface area (Å²) in [5.74, 6) is 4.61. The lowest BCUT2D eigenvalue weighted by atomic mass is 10.1. The average Bonchev–Trinajstić information content (AvgIpc) is 2.32. The SMILES string of the molecule is Cc1ccc(F)c2nc(C(F)F)cc(NN)c12. The van der Waals surface area contributed by atoms with Crippen molar-refractivity contribution in [2.24, 2.45) is 5.84 Å². The number of hydrogen-bond donors (Lipinski definition) is 2. The van der Waals surface area contributed by atoms with Gasteiger partial charge in [0.15, 0.2) is 0 Å². The van der Waals surface area contributed by atoms with Gasteiger partial charge < -0.3 is 5.43 Å². The van der Waals surface area contributed by atoms with E-state index in [1.54, 1.807) is 13.0 Å². The van der Waals surface area contributed by atoms with Gasteiger partial charge in [-0.3, -0.25) is 5.84 Å². The molecule has 90 valence electrons. The summed E-state index contributed by atoms with van der Waals surface area (Å²) >= 11 is 0. The van der Waals surface area contributed by atoms with E-state index in [2.05, 4.69) is 10.4 Å². The number of rotatable bonds is 2. The molecule has 0 radical (unpaired) electrons. The standard InChI is InChI=1S/C11H10F3N3/c1-5-2-3-6(12)10-9(5)7(17-15)4-8(16-10)11(13)14/h2-4,11H,15H2,1H3,(H,16,17). The summed E-state index contributed by atoms with van der Waals surface area (Å²) in [6.07, 6.45) is -2.77. The van der Waals surface area contributed by atoms with Crippen molar-refractivity contribution < 1.29 is 13.2 Å². The molecule has 0 spiro atoms. The maximum atomic E-state index is 13.5. The Morgan fingerprint density at radius 1 is 1.35 bits per heavy atom. The zero-order valence-corrected chi connectivity index (χ0v) is 8.97. The van der Waals surface area contributed by atoms with Gasteiger partial charge in [-0.15, -0.1) is 0 Å². The van der Waals surface area contributed by atoms with Crippen molar-refractivity contribution in [1.29, 1.82) is 0 Å². The van der Waals surface area contributed by atoms with Crippen LogP contribution in [0, 0.1) is 12.7 Å². The van der Waals surface area contributed by atoms with E-state index in [0.29, 0.717) is 10.9 Å². The molecule has 0 atom stereocenters. The van der Waals surface area contributed by atoms with Gasteiger partial charge >= 0.3 is 0 Å². The Hall–Kier alpha value is -1.82. The number of nitrogens with zero attached hydrogens (tertiary/aromatic N) is 1. The number of nitrogens with two attached hydrogens (primary N) is 1. The number of aromatic nitrogens is 1. The Bertz CT molecular complexity index is 569. The number of nitrogen functional groups attached to an aromatic ring is 1. The van der Waals surface area contributed by atoms with E-state index in [1.807, 2.05) is 0 Å². The predicted octanol–water partition coefficient (Wildman–Crippen LogP) is 2.91. The van der Waals surface area contributed by atoms with E-state index in [1.165, 1.54) is 6.07 Å². The molecule has 0 bridgehead atoms. The second kappa shape index (κ2) is 4.21. The number of nitrogens with one attached hydrogen (secondary N) is 1. The molecule has 1 heterocycles. The predicted molar refractivity (Wildman–Crippen MR) is 59.2 cm³/mol. The molecule has 0 saturated carbocycles. The maximum Gasteiger partial charge on any atom is 0.280 e. The van der Waals surface area contributed by atoms with Crippen LogP contribution in [0.4, 0.5) is 18.9 Å². The number of alkyl halides is 2. The number of halogens is 3. The topological polar surface area (TPSA) is 50.9 Å². The molecule has 0 fully saturated rings. The van der Waals surface area contributed by atoms with E-state index >= 15 is 0 Å². The van der Waals surface area contributed by atoms with Crippen molar-refractivity contribution in [2.45, 2.75) is 13.3 Å². The third-order valence-corrected chi connectivity index (χ3v) is 2.52. The first kappa shape index (κ1) is 11.7. The first-order valence-corrected chi connectivity index (χ1v) is 4.89. The molecular formula is C11H10F3N3. The Kier molecular flexibility index (Phi) is 2.89. The number of fused-ring (bicyclic) bond motifs is 1. The highest BCUT2D eigenvalue weighted by Gasteiger charge is 2.16. The summed E-state index contributed by atoms with van der Waals surface area (Å²) in [4.78, 5) is 3.62. The normalized spacial score (nSPS) is 11.2. The molecule has 2 rings (SSSR count). The summed E-state index contributed by atoms with van der Waals surface area (Å²) < 4.78 is 38.7. The molecule has 1 aromatic heterocycles. The van der Waals surface area contributed by atoms with Crippen LogP contribution in [0.5, 0.6) is 0 Å². The van der Waals surface area contributed by atoms with Crippen LogP contribution in [0.1, 0.15) is 17.7 Å². The molecule has 0 saturated heterocycles. The number of benzene rings is 1. The van der Waals surface area contributed by atoms with Crippen LogP contribution >= 0.6 is 0 Å². The van der Waals surface area contributed by atoms with Gasteiger partial charge in [-0.2, -0.15) is 0 Å². The Morgan fingerprint density at radius 3 is 2.65 bits per heavy atom. The highest BCUT2D eigenvalue weighted by molar-refractivity contribution is 5.94. The first-order chi connectivity index (χ1) is 8.04. The minimum absolute atomic E-state index is 0.101. The van der Waals surface area contributed by atoms with E-state index in [4.69, 9.17) is 5.84 Å². The monoisotopic (exact) mass is 241 g/mol. The van der Waals surface area contributed by atoms with Crippen LogP contribution in [-0.4, -0.2) is 4.98 Å². The molecule has 3 N–H and O–H groups in total. The Balaban J connectivity index is 2.87. The molecular weight excluding hydrogens is 231 g/mol. The van der Waals surface area contributed by atoms with Crippen molar-refractivity contribution in [1.82, 2.24) is 4.98 Å². The van der Waals surface area contributed by atoms with Gasteiger partial charge in [0.2, 0.25) is 0 Å². The highest BCUT2D eigenvalue weighted by Crippen LogP contribution is 2.30. The molecule has 2 aromatic rings. The van der Waals surface area contributed by atoms with Crippen LogP contribution in [0.15, 0.2) is 18.2 Å². The number of hydrogen-bond acceptors (Lipinski definition) is 3. The van der Waals surface area contributed by atoms with Crippen molar-refractivity contribution in [2.75, 3.05) is 5.43 Å². The molecule has 0 aliphatic heterocycles. The molecule has 1 aromatic carbocycles. The fourth-order valence-electron chi connectivity index (χ4n) is 1.72. The summed E-state index contributed by atoms with van der Waals surface area (Å²) in [5.41, 5.74) is 2.64. The third-order valence-electron chi connectivity index (χ3n) is 2.52. The van der Waals surface area contributed by atoms with Gasteiger partial charge in [0.05, 0.1) is 5.69 Å². The van der Waals surface area contributed by atoms with Gasteiger partial charge in [-0.1, -0.05) is 6.07 Å². The molecule has 17 heavy (non-hydrogen) atoms. The minimum Gasteiger partial charge on any atom is -0.323 e. The van der Waals surface area contributed by atoms with Crippen LogP contribution in [0.3, 0.4) is 0 Å². The third kappa shape index (κ3) is 1.91. The first-order valence-electron chi connectivity index (χ1n) is 4.89. The molecule has 3 nitrogen and oxygen atoms in total. The lowest BCUT2D eigenvalue weighted by Crippen LogP contribution is -2.09. The number of pyridine rings is 1. The Morgan fingerprint density at radius 2 is 2.06 bits per heavy atom. The average molecular weight is 241 g/mol. The Labute approximate surface area is 95.4 Å². The second-order valence-corrected chi connectivity index (χ2v) is 3.63. The maximum absolute atomic E-state index is 13.5. The number of aryl methyl sites for hydroxylation is 1. The minimum atomic E-state index is -2.77. The summed E-state index contributed by atoms with van der Waals surface area (Å²) in [6, 6.07) is 3.86. The van der Waals surface area contributed by atoms with E-state index in [9.17, 15) is 13.2 Å². The quantitative estimate of drug-likeness (QED) is 0.627. The number of anilines is 1. The summed E-state index contributed by atoms with van der Waals surface area (Å²) in [5, 5.41) is 0.414. The largest absolute Gasteiger partial charge is 0.323 e. The van der Waals surface area contributed by atoms with Crippen LogP contribution in [0.2, 0.25) is 0 Å². The lowest BCUT2D eigenvalue weighted by Gasteiger charge is -2.11. The molecule has 0 amide bonds. The molecule has 0 aliphatic rings. The summed E-state index contributed by atoms with van der Waals surface area (Å²) in [7, 11) is 0. The van der Waals surface area contributed by atoms with Crippen LogP contribution < -0.4 is 11.3 Å². The van der Waals surface area contributed by atoms with Gasteiger partial charge in [0.25, 0.3) is 6.43 Å². The van der Waals surface area contributed by atoms with Gasteiger partial charge in [0.1, 0.15) is 17.0 Å². The van der Waals surface area contributed by atoms with Crippen LogP contribution in [0.25, 0.3) is 10.9 Å². The number of hydrazine groups is 1. The van der Waals surface area contributed by atoms with E-state index < -0.39 is 17.9 Å². The highest BCUT2D eigenvalue weighted by atomic mass is 19.3.